The first-order chi connectivity index (χ1) is 14.7. The van der Waals surface area contributed by atoms with Crippen LogP contribution in [0.4, 0.5) is 0 Å². The van der Waals surface area contributed by atoms with Gasteiger partial charge in [0, 0.05) is 20.3 Å². The van der Waals surface area contributed by atoms with E-state index in [0.29, 0.717) is 47.0 Å². The highest BCUT2D eigenvalue weighted by Crippen LogP contribution is 2.58. The lowest BCUT2D eigenvalue weighted by Crippen LogP contribution is -2.42. The second-order valence-corrected chi connectivity index (χ2v) is 12.1. The van der Waals surface area contributed by atoms with E-state index in [0.717, 1.165) is 38.2 Å². The number of rotatable bonds is 5. The third-order valence-corrected chi connectivity index (χ3v) is 10.4. The second-order valence-electron chi connectivity index (χ2n) is 12.1. The Labute approximate surface area is 191 Å². The first-order valence-corrected chi connectivity index (χ1v) is 13.1. The molecule has 0 heterocycles. The fourth-order valence-corrected chi connectivity index (χ4v) is 8.75. The summed E-state index contributed by atoms with van der Waals surface area (Å²) in [6.45, 7) is 10.4. The third kappa shape index (κ3) is 4.88. The summed E-state index contributed by atoms with van der Waals surface area (Å²) in [5.74, 6) is 3.42. The molecular weight excluding hydrogens is 388 g/mol. The lowest BCUT2D eigenvalue weighted by atomic mass is 9.62. The van der Waals surface area contributed by atoms with Gasteiger partial charge in [0.1, 0.15) is 0 Å². The van der Waals surface area contributed by atoms with Crippen LogP contribution in [0.15, 0.2) is 0 Å². The fraction of sp³-hybridized carbons (Fsp3) is 1.00. The van der Waals surface area contributed by atoms with Gasteiger partial charge in [0.2, 0.25) is 0 Å². The van der Waals surface area contributed by atoms with E-state index in [1.807, 2.05) is 0 Å². The van der Waals surface area contributed by atoms with E-state index in [4.69, 9.17) is 4.74 Å². The molecule has 0 amide bonds. The van der Waals surface area contributed by atoms with Crippen LogP contribution in [-0.4, -0.2) is 47.9 Å². The van der Waals surface area contributed by atoms with E-state index < -0.39 is 0 Å². The Hall–Kier alpha value is -0.160. The molecule has 8 unspecified atom stereocenters. The van der Waals surface area contributed by atoms with Crippen LogP contribution in [-0.2, 0) is 4.74 Å². The van der Waals surface area contributed by atoms with Crippen molar-refractivity contribution in [2.75, 3.05) is 20.3 Å². The van der Waals surface area contributed by atoms with Crippen molar-refractivity contribution in [3.63, 3.8) is 0 Å². The Morgan fingerprint density at radius 1 is 0.774 bits per heavy atom. The zero-order chi connectivity index (χ0) is 22.8. The van der Waals surface area contributed by atoms with Crippen molar-refractivity contribution in [3.05, 3.63) is 0 Å². The molecule has 0 saturated heterocycles. The normalized spacial score (nSPS) is 46.5. The SMILES string of the molecule is COC[C@H](C)C1CCC2C(O)CCCC21C.C[C@@H](CO)C1CCC2C(O)CCCC21C. The van der Waals surface area contributed by atoms with E-state index in [1.165, 1.54) is 38.5 Å². The van der Waals surface area contributed by atoms with Crippen molar-refractivity contribution >= 4 is 0 Å². The van der Waals surface area contributed by atoms with Gasteiger partial charge in [-0.25, -0.2) is 0 Å². The molecule has 4 nitrogen and oxygen atoms in total. The minimum absolute atomic E-state index is 0.0431. The molecule has 0 aliphatic heterocycles. The number of aliphatic hydroxyl groups is 3. The van der Waals surface area contributed by atoms with E-state index >= 15 is 0 Å². The van der Waals surface area contributed by atoms with Gasteiger partial charge in [-0.05, 0) is 97.7 Å². The molecule has 3 N–H and O–H groups in total. The first kappa shape index (κ1) is 25.5. The summed E-state index contributed by atoms with van der Waals surface area (Å²) in [6.07, 6.45) is 11.6. The molecule has 31 heavy (non-hydrogen) atoms. The summed E-state index contributed by atoms with van der Waals surface area (Å²) < 4.78 is 5.31. The molecular formula is C27H50O4. The molecule has 4 saturated carbocycles. The van der Waals surface area contributed by atoms with Gasteiger partial charge in [0.05, 0.1) is 12.2 Å². The third-order valence-electron chi connectivity index (χ3n) is 10.4. The molecule has 4 rings (SSSR count). The summed E-state index contributed by atoms with van der Waals surface area (Å²) >= 11 is 0. The van der Waals surface area contributed by atoms with Crippen molar-refractivity contribution < 1.29 is 20.1 Å². The Kier molecular flexibility index (Phi) is 8.55. The molecule has 4 fully saturated rings. The van der Waals surface area contributed by atoms with Gasteiger partial charge in [-0.3, -0.25) is 0 Å². The predicted molar refractivity (Wildman–Crippen MR) is 126 cm³/mol. The minimum atomic E-state index is -0.0837. The van der Waals surface area contributed by atoms with E-state index in [1.54, 1.807) is 7.11 Å². The van der Waals surface area contributed by atoms with E-state index in [-0.39, 0.29) is 12.2 Å². The average molecular weight is 439 g/mol. The van der Waals surface area contributed by atoms with Crippen molar-refractivity contribution in [1.82, 2.24) is 0 Å². The van der Waals surface area contributed by atoms with E-state index in [9.17, 15) is 15.3 Å². The quantitative estimate of drug-likeness (QED) is 0.562. The minimum Gasteiger partial charge on any atom is -0.396 e. The van der Waals surface area contributed by atoms with Crippen LogP contribution in [0, 0.1) is 46.3 Å². The first-order valence-electron chi connectivity index (χ1n) is 13.1. The smallest absolute Gasteiger partial charge is 0.0573 e. The van der Waals surface area contributed by atoms with Crippen LogP contribution >= 0.6 is 0 Å². The summed E-state index contributed by atoms with van der Waals surface area (Å²) in [4.78, 5) is 0. The van der Waals surface area contributed by atoms with Crippen molar-refractivity contribution in [1.29, 1.82) is 0 Å². The molecule has 182 valence electrons. The highest BCUT2D eigenvalue weighted by atomic mass is 16.5. The maximum Gasteiger partial charge on any atom is 0.0573 e. The zero-order valence-electron chi connectivity index (χ0n) is 20.9. The molecule has 4 aliphatic rings. The Bertz CT molecular complexity index is 567. The molecule has 4 heteroatoms. The van der Waals surface area contributed by atoms with Crippen molar-refractivity contribution in [2.45, 2.75) is 104 Å². The van der Waals surface area contributed by atoms with Gasteiger partial charge < -0.3 is 20.1 Å². The summed E-state index contributed by atoms with van der Waals surface area (Å²) in [5.41, 5.74) is 0.662. The monoisotopic (exact) mass is 438 g/mol. The van der Waals surface area contributed by atoms with Crippen molar-refractivity contribution in [2.24, 2.45) is 46.3 Å². The number of methoxy groups -OCH3 is 1. The van der Waals surface area contributed by atoms with Gasteiger partial charge in [-0.1, -0.05) is 40.5 Å². The number of hydrogen-bond acceptors (Lipinski definition) is 4. The maximum absolute atomic E-state index is 10.1. The zero-order valence-corrected chi connectivity index (χ0v) is 20.9. The topological polar surface area (TPSA) is 69.9 Å². The molecule has 0 spiro atoms. The average Bonchev–Trinajstić information content (AvgIpc) is 3.27. The van der Waals surface area contributed by atoms with Gasteiger partial charge in [-0.15, -0.1) is 0 Å². The van der Waals surface area contributed by atoms with Gasteiger partial charge >= 0.3 is 0 Å². The van der Waals surface area contributed by atoms with Crippen LogP contribution in [0.3, 0.4) is 0 Å². The van der Waals surface area contributed by atoms with Crippen LogP contribution in [0.5, 0.6) is 0 Å². The fourth-order valence-electron chi connectivity index (χ4n) is 8.75. The Balaban J connectivity index is 0.000000176. The van der Waals surface area contributed by atoms with Crippen LogP contribution in [0.1, 0.15) is 91.9 Å². The largest absolute Gasteiger partial charge is 0.396 e. The second kappa shape index (κ2) is 10.4. The summed E-state index contributed by atoms with van der Waals surface area (Å²) in [6, 6.07) is 0. The van der Waals surface area contributed by atoms with Crippen LogP contribution in [0.2, 0.25) is 0 Å². The van der Waals surface area contributed by atoms with Gasteiger partial charge in [0.15, 0.2) is 0 Å². The predicted octanol–water partition coefficient (Wildman–Crippen LogP) is 5.04. The van der Waals surface area contributed by atoms with E-state index in [2.05, 4.69) is 27.7 Å². The molecule has 0 aromatic heterocycles. The molecule has 0 aromatic carbocycles. The molecule has 10 atom stereocenters. The Morgan fingerprint density at radius 3 is 1.65 bits per heavy atom. The molecule has 0 bridgehead atoms. The standard InChI is InChI=1S/C14H26O2.C13H24O2/c1-10(9-16-3)11-6-7-12-13(15)5-4-8-14(11,12)2;1-9(8-14)10-5-6-11-12(15)4-3-7-13(10,11)2/h10-13,15H,4-9H2,1-3H3;9-12,14-15H,3-8H2,1-2H3/t10-,11?,12?,13?,14?;9-,10?,11?,12?,13?/m00/s1. The van der Waals surface area contributed by atoms with Gasteiger partial charge in [-0.2, -0.15) is 0 Å². The maximum atomic E-state index is 10.1. The molecule has 0 radical (unpaired) electrons. The number of hydrogen-bond donors (Lipinski definition) is 3. The van der Waals surface area contributed by atoms with Gasteiger partial charge in [0.25, 0.3) is 0 Å². The lowest BCUT2D eigenvalue weighted by Gasteiger charge is -2.45. The van der Waals surface area contributed by atoms with Crippen molar-refractivity contribution in [3.8, 4) is 0 Å². The van der Waals surface area contributed by atoms with Crippen LogP contribution in [0.25, 0.3) is 0 Å². The summed E-state index contributed by atoms with van der Waals surface area (Å²) in [5, 5.41) is 29.5. The van der Waals surface area contributed by atoms with Crippen LogP contribution < -0.4 is 0 Å². The number of fused-ring (bicyclic) bond motifs is 2. The molecule has 0 aromatic rings. The lowest BCUT2D eigenvalue weighted by molar-refractivity contribution is -0.0344. The number of aliphatic hydroxyl groups excluding tert-OH is 3. The highest BCUT2D eigenvalue weighted by Gasteiger charge is 2.53. The highest BCUT2D eigenvalue weighted by molar-refractivity contribution is 5.02. The molecule has 4 aliphatic carbocycles. The Morgan fingerprint density at radius 2 is 1.23 bits per heavy atom. The summed E-state index contributed by atoms with van der Waals surface area (Å²) in [7, 11) is 1.79. The number of ether oxygens (including phenoxy) is 1.